The third-order valence-corrected chi connectivity index (χ3v) is 4.76. The van der Waals surface area contributed by atoms with E-state index in [4.69, 9.17) is 9.47 Å². The molecule has 0 bridgehead atoms. The van der Waals surface area contributed by atoms with Crippen LogP contribution < -0.4 is 20.1 Å². The van der Waals surface area contributed by atoms with Gasteiger partial charge in [0.15, 0.2) is 17.3 Å². The fourth-order valence-electron chi connectivity index (χ4n) is 3.36. The molecule has 8 heteroatoms. The molecule has 1 unspecified atom stereocenters. The van der Waals surface area contributed by atoms with Crippen LogP contribution >= 0.6 is 0 Å². The van der Waals surface area contributed by atoms with Crippen LogP contribution in [0.3, 0.4) is 0 Å². The first-order valence-corrected chi connectivity index (χ1v) is 8.96. The van der Waals surface area contributed by atoms with Crippen molar-refractivity contribution in [3.63, 3.8) is 0 Å². The van der Waals surface area contributed by atoms with E-state index in [9.17, 15) is 4.79 Å². The number of nitrogens with zero attached hydrogens (tertiary/aromatic N) is 3. The van der Waals surface area contributed by atoms with E-state index in [1.807, 2.05) is 18.2 Å². The van der Waals surface area contributed by atoms with E-state index in [1.54, 1.807) is 0 Å². The molecule has 0 fully saturated rings. The standard InChI is InChI=1S/C18H23N5O3/c1-11(2)16(17-22-21-15-4-3-7-23(15)17)20-18(24)19-9-12-5-6-13-14(8-12)26-10-25-13/h5-6,8,11,16H,3-4,7,9-10H2,1-2H3,(H2,19,20,24). The summed E-state index contributed by atoms with van der Waals surface area (Å²) in [5.41, 5.74) is 0.953. The fraction of sp³-hybridized carbons (Fsp3) is 0.500. The lowest BCUT2D eigenvalue weighted by Gasteiger charge is -2.22. The fourth-order valence-corrected chi connectivity index (χ4v) is 3.36. The molecule has 0 aliphatic carbocycles. The van der Waals surface area contributed by atoms with Gasteiger partial charge in [0.25, 0.3) is 0 Å². The Balaban J connectivity index is 1.39. The maximum absolute atomic E-state index is 12.4. The number of hydrogen-bond donors (Lipinski definition) is 2. The van der Waals surface area contributed by atoms with Gasteiger partial charge in [0, 0.05) is 19.5 Å². The molecule has 1 atom stereocenters. The largest absolute Gasteiger partial charge is 0.454 e. The Labute approximate surface area is 151 Å². The van der Waals surface area contributed by atoms with Crippen LogP contribution in [0.2, 0.25) is 0 Å². The van der Waals surface area contributed by atoms with Crippen molar-refractivity contribution in [2.45, 2.75) is 45.8 Å². The predicted molar refractivity (Wildman–Crippen MR) is 93.9 cm³/mol. The molecule has 2 N–H and O–H groups in total. The third kappa shape index (κ3) is 3.18. The number of amides is 2. The van der Waals surface area contributed by atoms with Crippen molar-refractivity contribution in [3.8, 4) is 11.5 Å². The van der Waals surface area contributed by atoms with E-state index in [2.05, 4.69) is 39.2 Å². The second-order valence-electron chi connectivity index (χ2n) is 6.97. The zero-order valence-electron chi connectivity index (χ0n) is 15.0. The van der Waals surface area contributed by atoms with Crippen molar-refractivity contribution in [2.24, 2.45) is 5.92 Å². The molecular formula is C18H23N5O3. The number of urea groups is 1. The summed E-state index contributed by atoms with van der Waals surface area (Å²) in [6.45, 7) is 5.71. The van der Waals surface area contributed by atoms with Crippen LogP contribution in [-0.4, -0.2) is 27.6 Å². The third-order valence-electron chi connectivity index (χ3n) is 4.76. The minimum absolute atomic E-state index is 0.175. The Hall–Kier alpha value is -2.77. The van der Waals surface area contributed by atoms with Gasteiger partial charge >= 0.3 is 6.03 Å². The molecule has 3 heterocycles. The summed E-state index contributed by atoms with van der Waals surface area (Å²) in [5.74, 6) is 3.50. The number of ether oxygens (including phenoxy) is 2. The van der Waals surface area contributed by atoms with Gasteiger partial charge in [0.1, 0.15) is 5.82 Å². The quantitative estimate of drug-likeness (QED) is 0.856. The van der Waals surface area contributed by atoms with E-state index in [-0.39, 0.29) is 24.8 Å². The Morgan fingerprint density at radius 1 is 1.27 bits per heavy atom. The molecule has 2 aliphatic heterocycles. The Bertz CT molecular complexity index is 817. The van der Waals surface area contributed by atoms with Gasteiger partial charge in [-0.25, -0.2) is 4.79 Å². The molecule has 4 rings (SSSR count). The van der Waals surface area contributed by atoms with Crippen LogP contribution in [0, 0.1) is 5.92 Å². The molecule has 2 amide bonds. The van der Waals surface area contributed by atoms with Crippen LogP contribution in [-0.2, 0) is 19.5 Å². The molecule has 0 saturated heterocycles. The van der Waals surface area contributed by atoms with Crippen molar-refractivity contribution in [2.75, 3.05) is 6.79 Å². The molecule has 1 aromatic carbocycles. The molecule has 0 radical (unpaired) electrons. The predicted octanol–water partition coefficient (Wildman–Crippen LogP) is 2.15. The van der Waals surface area contributed by atoms with Crippen LogP contribution in [0.25, 0.3) is 0 Å². The summed E-state index contributed by atoms with van der Waals surface area (Å²) in [6, 6.07) is 5.25. The highest BCUT2D eigenvalue weighted by atomic mass is 16.7. The van der Waals surface area contributed by atoms with Crippen LogP contribution in [0.5, 0.6) is 11.5 Å². The van der Waals surface area contributed by atoms with Crippen molar-refractivity contribution in [1.82, 2.24) is 25.4 Å². The average Bonchev–Trinajstić information content (AvgIpc) is 3.33. The molecule has 26 heavy (non-hydrogen) atoms. The highest BCUT2D eigenvalue weighted by Crippen LogP contribution is 2.32. The Morgan fingerprint density at radius 2 is 2.12 bits per heavy atom. The molecule has 8 nitrogen and oxygen atoms in total. The number of aromatic nitrogens is 3. The van der Waals surface area contributed by atoms with E-state index >= 15 is 0 Å². The summed E-state index contributed by atoms with van der Waals surface area (Å²) >= 11 is 0. The van der Waals surface area contributed by atoms with Gasteiger partial charge in [0.2, 0.25) is 6.79 Å². The molecular weight excluding hydrogens is 334 g/mol. The van der Waals surface area contributed by atoms with Crippen molar-refractivity contribution < 1.29 is 14.3 Å². The van der Waals surface area contributed by atoms with Gasteiger partial charge in [-0.15, -0.1) is 10.2 Å². The smallest absolute Gasteiger partial charge is 0.315 e. The first kappa shape index (κ1) is 16.7. The maximum atomic E-state index is 12.4. The summed E-state index contributed by atoms with van der Waals surface area (Å²) < 4.78 is 12.8. The molecule has 138 valence electrons. The monoisotopic (exact) mass is 357 g/mol. The minimum atomic E-state index is -0.225. The summed E-state index contributed by atoms with van der Waals surface area (Å²) in [7, 11) is 0. The van der Waals surface area contributed by atoms with Crippen molar-refractivity contribution in [3.05, 3.63) is 35.4 Å². The van der Waals surface area contributed by atoms with E-state index < -0.39 is 0 Å². The highest BCUT2D eigenvalue weighted by molar-refractivity contribution is 5.74. The highest BCUT2D eigenvalue weighted by Gasteiger charge is 2.27. The maximum Gasteiger partial charge on any atom is 0.315 e. The van der Waals surface area contributed by atoms with Crippen LogP contribution in [0.15, 0.2) is 18.2 Å². The number of hydrogen-bond acceptors (Lipinski definition) is 5. The topological polar surface area (TPSA) is 90.3 Å². The van der Waals surface area contributed by atoms with E-state index in [0.717, 1.165) is 42.3 Å². The normalized spacial score (nSPS) is 15.8. The van der Waals surface area contributed by atoms with Gasteiger partial charge in [-0.3, -0.25) is 0 Å². The SMILES string of the molecule is CC(C)C(NC(=O)NCc1ccc2c(c1)OCO2)c1nnc2n1CCC2. The van der Waals surface area contributed by atoms with Gasteiger partial charge in [-0.2, -0.15) is 0 Å². The second kappa shape index (κ2) is 6.86. The first-order valence-electron chi connectivity index (χ1n) is 8.96. The zero-order chi connectivity index (χ0) is 18.1. The molecule has 2 aliphatic rings. The number of fused-ring (bicyclic) bond motifs is 2. The van der Waals surface area contributed by atoms with Gasteiger partial charge in [-0.1, -0.05) is 19.9 Å². The van der Waals surface area contributed by atoms with E-state index in [0.29, 0.717) is 12.3 Å². The lowest BCUT2D eigenvalue weighted by atomic mass is 10.0. The number of benzene rings is 1. The molecule has 0 spiro atoms. The lowest BCUT2D eigenvalue weighted by molar-refractivity contribution is 0.174. The van der Waals surface area contributed by atoms with E-state index in [1.165, 1.54) is 0 Å². The Kier molecular flexibility index (Phi) is 4.40. The summed E-state index contributed by atoms with van der Waals surface area (Å²) in [6.07, 6.45) is 2.03. The zero-order valence-corrected chi connectivity index (χ0v) is 15.0. The minimum Gasteiger partial charge on any atom is -0.454 e. The molecule has 2 aromatic rings. The number of aryl methyl sites for hydroxylation is 1. The van der Waals surface area contributed by atoms with Crippen molar-refractivity contribution in [1.29, 1.82) is 0 Å². The number of carbonyl (C=O) groups excluding carboxylic acids is 1. The average molecular weight is 357 g/mol. The van der Waals surface area contributed by atoms with Crippen molar-refractivity contribution >= 4 is 6.03 Å². The van der Waals surface area contributed by atoms with Crippen LogP contribution in [0.4, 0.5) is 4.79 Å². The number of nitrogens with one attached hydrogen (secondary N) is 2. The summed E-state index contributed by atoms with van der Waals surface area (Å²) in [5, 5.41) is 14.5. The van der Waals surface area contributed by atoms with Gasteiger partial charge in [-0.05, 0) is 30.0 Å². The Morgan fingerprint density at radius 3 is 2.96 bits per heavy atom. The molecule has 0 saturated carbocycles. The number of rotatable bonds is 5. The summed E-state index contributed by atoms with van der Waals surface area (Å²) in [4.78, 5) is 12.4. The van der Waals surface area contributed by atoms with Gasteiger partial charge < -0.3 is 24.7 Å². The second-order valence-corrected chi connectivity index (χ2v) is 6.97. The first-order chi connectivity index (χ1) is 12.6. The number of carbonyl (C=O) groups is 1. The lowest BCUT2D eigenvalue weighted by Crippen LogP contribution is -2.40. The van der Waals surface area contributed by atoms with Gasteiger partial charge in [0.05, 0.1) is 6.04 Å². The molecule has 1 aromatic heterocycles. The van der Waals surface area contributed by atoms with Crippen LogP contribution in [0.1, 0.15) is 43.5 Å².